The van der Waals surface area contributed by atoms with Crippen molar-refractivity contribution < 1.29 is 17.6 Å². The van der Waals surface area contributed by atoms with Gasteiger partial charge in [-0.2, -0.15) is 18.2 Å². The molecular formula is C22H27F4N5S. The maximum absolute atomic E-state index is 13.4. The van der Waals surface area contributed by atoms with Crippen LogP contribution in [0.15, 0.2) is 30.3 Å². The molecule has 2 aromatic rings. The number of halogens is 4. The van der Waals surface area contributed by atoms with Crippen molar-refractivity contribution in [1.29, 1.82) is 0 Å². The fourth-order valence-electron chi connectivity index (χ4n) is 3.94. The van der Waals surface area contributed by atoms with Crippen molar-refractivity contribution in [1.82, 2.24) is 15.3 Å². The molecule has 2 heterocycles. The van der Waals surface area contributed by atoms with Crippen LogP contribution in [0, 0.1) is 17.7 Å². The quantitative estimate of drug-likeness (QED) is 0.351. The number of nitrogens with zero attached hydrogens (tertiary/aromatic N) is 3. The summed E-state index contributed by atoms with van der Waals surface area (Å²) in [5.74, 6) is 0.502. The van der Waals surface area contributed by atoms with Gasteiger partial charge in [0, 0.05) is 25.7 Å². The zero-order valence-electron chi connectivity index (χ0n) is 18.0. The van der Waals surface area contributed by atoms with E-state index in [4.69, 9.17) is 12.2 Å². The molecule has 0 saturated carbocycles. The molecule has 1 aliphatic heterocycles. The van der Waals surface area contributed by atoms with Crippen molar-refractivity contribution in [2.75, 3.05) is 29.9 Å². The van der Waals surface area contributed by atoms with Gasteiger partial charge in [0.05, 0.1) is 0 Å². The van der Waals surface area contributed by atoms with E-state index in [0.29, 0.717) is 44.3 Å². The minimum Gasteiger partial charge on any atom is -0.362 e. The van der Waals surface area contributed by atoms with Crippen LogP contribution in [0.3, 0.4) is 0 Å². The standard InChI is InChI=1S/C22H27F4N5S/c1-14-10-15(2)13-31(12-14)19-11-18(22(24,25)26)28-20(29-19)30-21(32)27-9-3-4-16-5-7-17(23)8-6-16/h5-8,11,14-15H,3-4,9-10,12-13H2,1-2H3,(H2,27,28,29,30,32)/t14-,15-/m1/s1. The van der Waals surface area contributed by atoms with E-state index in [9.17, 15) is 17.6 Å². The minimum absolute atomic E-state index is 0.148. The molecule has 1 aromatic carbocycles. The molecule has 0 bridgehead atoms. The molecule has 174 valence electrons. The van der Waals surface area contributed by atoms with E-state index in [2.05, 4.69) is 34.4 Å². The highest BCUT2D eigenvalue weighted by molar-refractivity contribution is 7.80. The second-order valence-electron chi connectivity index (χ2n) is 8.39. The summed E-state index contributed by atoms with van der Waals surface area (Å²) in [5, 5.41) is 5.79. The lowest BCUT2D eigenvalue weighted by Gasteiger charge is -2.36. The Morgan fingerprint density at radius 2 is 1.78 bits per heavy atom. The summed E-state index contributed by atoms with van der Waals surface area (Å²) >= 11 is 5.21. The summed E-state index contributed by atoms with van der Waals surface area (Å²) < 4.78 is 53.2. The second kappa shape index (κ2) is 10.4. The first-order valence-corrected chi connectivity index (χ1v) is 11.0. The predicted molar refractivity (Wildman–Crippen MR) is 121 cm³/mol. The van der Waals surface area contributed by atoms with Crippen molar-refractivity contribution in [3.63, 3.8) is 0 Å². The van der Waals surface area contributed by atoms with Gasteiger partial charge < -0.3 is 15.5 Å². The third-order valence-electron chi connectivity index (χ3n) is 5.26. The van der Waals surface area contributed by atoms with Gasteiger partial charge in [-0.25, -0.2) is 9.37 Å². The van der Waals surface area contributed by atoms with Crippen molar-refractivity contribution in [3.05, 3.63) is 47.4 Å². The normalized spacial score (nSPS) is 19.0. The van der Waals surface area contributed by atoms with Gasteiger partial charge in [0.15, 0.2) is 10.8 Å². The van der Waals surface area contributed by atoms with E-state index >= 15 is 0 Å². The molecule has 32 heavy (non-hydrogen) atoms. The molecule has 1 saturated heterocycles. The zero-order valence-corrected chi connectivity index (χ0v) is 18.9. The molecule has 0 aliphatic carbocycles. The highest BCUT2D eigenvalue weighted by atomic mass is 32.1. The fourth-order valence-corrected chi connectivity index (χ4v) is 4.13. The number of aromatic nitrogens is 2. The molecule has 0 unspecified atom stereocenters. The number of hydrogen-bond acceptors (Lipinski definition) is 4. The first kappa shape index (κ1) is 24.2. The molecule has 3 rings (SSSR count). The maximum atomic E-state index is 13.4. The molecule has 2 N–H and O–H groups in total. The summed E-state index contributed by atoms with van der Waals surface area (Å²) in [6.07, 6.45) is -2.13. The number of alkyl halides is 3. The summed E-state index contributed by atoms with van der Waals surface area (Å²) in [6.45, 7) is 5.95. The molecule has 1 aliphatic rings. The van der Waals surface area contributed by atoms with Crippen LogP contribution in [0.2, 0.25) is 0 Å². The van der Waals surface area contributed by atoms with Crippen LogP contribution in [0.1, 0.15) is 37.9 Å². The van der Waals surface area contributed by atoms with E-state index in [1.54, 1.807) is 12.1 Å². The smallest absolute Gasteiger partial charge is 0.362 e. The summed E-state index contributed by atoms with van der Waals surface area (Å²) in [5.41, 5.74) is -0.0158. The lowest BCUT2D eigenvalue weighted by atomic mass is 9.92. The van der Waals surface area contributed by atoms with E-state index in [-0.39, 0.29) is 22.7 Å². The Bertz CT molecular complexity index is 910. The molecule has 0 spiro atoms. The van der Waals surface area contributed by atoms with Crippen LogP contribution in [0.25, 0.3) is 0 Å². The Morgan fingerprint density at radius 1 is 1.12 bits per heavy atom. The van der Waals surface area contributed by atoms with E-state index < -0.39 is 11.9 Å². The third-order valence-corrected chi connectivity index (χ3v) is 5.51. The largest absolute Gasteiger partial charge is 0.433 e. The van der Waals surface area contributed by atoms with Gasteiger partial charge in [0.1, 0.15) is 11.6 Å². The number of anilines is 2. The number of thiocarbonyl (C=S) groups is 1. The molecule has 5 nitrogen and oxygen atoms in total. The summed E-state index contributed by atoms with van der Waals surface area (Å²) in [6, 6.07) is 7.23. The number of nitrogens with one attached hydrogen (secondary N) is 2. The lowest BCUT2D eigenvalue weighted by Crippen LogP contribution is -2.39. The summed E-state index contributed by atoms with van der Waals surface area (Å²) in [7, 11) is 0. The van der Waals surface area contributed by atoms with Gasteiger partial charge in [0.25, 0.3) is 0 Å². The first-order chi connectivity index (χ1) is 15.1. The van der Waals surface area contributed by atoms with Crippen LogP contribution in [0.5, 0.6) is 0 Å². The predicted octanol–water partition coefficient (Wildman–Crippen LogP) is 5.04. The molecule has 1 aromatic heterocycles. The fraction of sp³-hybridized carbons (Fsp3) is 0.500. The van der Waals surface area contributed by atoms with Crippen LogP contribution >= 0.6 is 12.2 Å². The minimum atomic E-state index is -4.59. The van der Waals surface area contributed by atoms with Gasteiger partial charge in [-0.15, -0.1) is 0 Å². The summed E-state index contributed by atoms with van der Waals surface area (Å²) in [4.78, 5) is 9.80. The number of hydrogen-bond donors (Lipinski definition) is 2. The Hall–Kier alpha value is -2.49. The number of aryl methyl sites for hydroxylation is 1. The first-order valence-electron chi connectivity index (χ1n) is 10.6. The van der Waals surface area contributed by atoms with E-state index in [0.717, 1.165) is 18.1 Å². The Labute approximate surface area is 190 Å². The van der Waals surface area contributed by atoms with Gasteiger partial charge >= 0.3 is 6.18 Å². The Morgan fingerprint density at radius 3 is 2.41 bits per heavy atom. The van der Waals surface area contributed by atoms with Crippen LogP contribution in [0.4, 0.5) is 29.3 Å². The Balaban J connectivity index is 1.62. The number of rotatable bonds is 6. The van der Waals surface area contributed by atoms with Crippen LogP contribution in [-0.4, -0.2) is 34.7 Å². The maximum Gasteiger partial charge on any atom is 0.433 e. The highest BCUT2D eigenvalue weighted by Crippen LogP contribution is 2.32. The van der Waals surface area contributed by atoms with E-state index in [1.807, 2.05) is 4.90 Å². The van der Waals surface area contributed by atoms with E-state index in [1.165, 1.54) is 12.1 Å². The average Bonchev–Trinajstić information content (AvgIpc) is 2.71. The topological polar surface area (TPSA) is 53.1 Å². The average molecular weight is 470 g/mol. The SMILES string of the molecule is C[C@@H]1C[C@@H](C)CN(c2cc(C(F)(F)F)nc(NC(=S)NCCCc3ccc(F)cc3)n2)C1. The van der Waals surface area contributed by atoms with Crippen molar-refractivity contribution in [2.24, 2.45) is 11.8 Å². The zero-order chi connectivity index (χ0) is 23.3. The molecule has 1 fully saturated rings. The number of piperidine rings is 1. The van der Waals surface area contributed by atoms with Crippen molar-refractivity contribution in [2.45, 2.75) is 39.3 Å². The van der Waals surface area contributed by atoms with Gasteiger partial charge in [0.2, 0.25) is 5.95 Å². The van der Waals surface area contributed by atoms with Crippen LogP contribution in [-0.2, 0) is 12.6 Å². The molecule has 0 radical (unpaired) electrons. The third kappa shape index (κ3) is 7.01. The monoisotopic (exact) mass is 469 g/mol. The van der Waals surface area contributed by atoms with Crippen LogP contribution < -0.4 is 15.5 Å². The van der Waals surface area contributed by atoms with Gasteiger partial charge in [-0.05, 0) is 61.0 Å². The molecular weight excluding hydrogens is 442 g/mol. The van der Waals surface area contributed by atoms with Crippen molar-refractivity contribution >= 4 is 29.1 Å². The van der Waals surface area contributed by atoms with Gasteiger partial charge in [-0.1, -0.05) is 26.0 Å². The van der Waals surface area contributed by atoms with Crippen molar-refractivity contribution in [3.8, 4) is 0 Å². The Kier molecular flexibility index (Phi) is 7.86. The molecule has 0 amide bonds. The number of benzene rings is 1. The van der Waals surface area contributed by atoms with Gasteiger partial charge in [-0.3, -0.25) is 0 Å². The molecule has 2 atom stereocenters. The molecule has 10 heteroatoms. The lowest BCUT2D eigenvalue weighted by molar-refractivity contribution is -0.141. The highest BCUT2D eigenvalue weighted by Gasteiger charge is 2.35. The second-order valence-corrected chi connectivity index (χ2v) is 8.80.